The molecule has 8 nitrogen and oxygen atoms in total. The number of nitrogens with zero attached hydrogens (tertiary/aromatic N) is 2. The molecule has 3 aromatic rings. The van der Waals surface area contributed by atoms with Crippen molar-refractivity contribution in [1.82, 2.24) is 15.2 Å². The number of benzene rings is 2. The highest BCUT2D eigenvalue weighted by Crippen LogP contribution is 2.22. The minimum absolute atomic E-state index is 0.127. The summed E-state index contributed by atoms with van der Waals surface area (Å²) in [6.07, 6.45) is 0. The van der Waals surface area contributed by atoms with Gasteiger partial charge in [-0.1, -0.05) is 17.8 Å². The maximum atomic E-state index is 12.3. The van der Waals surface area contributed by atoms with Crippen molar-refractivity contribution < 1.29 is 19.1 Å². The Balaban J connectivity index is 1.60. The van der Waals surface area contributed by atoms with Crippen LogP contribution in [0.3, 0.4) is 0 Å². The third-order valence-corrected chi connectivity index (χ3v) is 4.94. The Morgan fingerprint density at radius 2 is 1.90 bits per heavy atom. The SMILES string of the molecule is COC(=O)c1ccc(C)c(NC(=O)CSc2n[nH]c(-c3ccc(OC)cc3)n2)c1. The van der Waals surface area contributed by atoms with Crippen LogP contribution in [-0.4, -0.2) is 47.0 Å². The van der Waals surface area contributed by atoms with Gasteiger partial charge in [-0.15, -0.1) is 5.10 Å². The fourth-order valence-electron chi connectivity index (χ4n) is 2.51. The molecule has 0 saturated carbocycles. The first-order valence-corrected chi connectivity index (χ1v) is 9.67. The maximum Gasteiger partial charge on any atom is 0.337 e. The average molecular weight is 412 g/mol. The quantitative estimate of drug-likeness (QED) is 0.453. The summed E-state index contributed by atoms with van der Waals surface area (Å²) >= 11 is 1.21. The molecule has 0 radical (unpaired) electrons. The highest BCUT2D eigenvalue weighted by atomic mass is 32.2. The molecule has 1 heterocycles. The first-order valence-electron chi connectivity index (χ1n) is 8.68. The molecule has 0 fully saturated rings. The molecule has 1 aromatic heterocycles. The molecule has 0 aliphatic heterocycles. The van der Waals surface area contributed by atoms with E-state index in [1.165, 1.54) is 18.9 Å². The second-order valence-electron chi connectivity index (χ2n) is 6.05. The lowest BCUT2D eigenvalue weighted by molar-refractivity contribution is -0.113. The second kappa shape index (κ2) is 9.24. The van der Waals surface area contributed by atoms with E-state index < -0.39 is 5.97 Å². The number of nitrogens with one attached hydrogen (secondary N) is 2. The molecule has 0 unspecified atom stereocenters. The molecule has 0 saturated heterocycles. The Kier molecular flexibility index (Phi) is 6.50. The Morgan fingerprint density at radius 3 is 2.59 bits per heavy atom. The standard InChI is InChI=1S/C20H20N4O4S/c1-12-4-5-14(19(26)28-3)10-16(12)21-17(25)11-29-20-22-18(23-24-20)13-6-8-15(27-2)9-7-13/h4-10H,11H2,1-3H3,(H,21,25)(H,22,23,24). The fourth-order valence-corrected chi connectivity index (χ4v) is 3.11. The zero-order chi connectivity index (χ0) is 20.8. The third kappa shape index (κ3) is 5.14. The summed E-state index contributed by atoms with van der Waals surface area (Å²) in [6, 6.07) is 12.4. The molecular formula is C20H20N4O4S. The van der Waals surface area contributed by atoms with Crippen LogP contribution < -0.4 is 10.1 Å². The first kappa shape index (κ1) is 20.4. The minimum atomic E-state index is -0.457. The monoisotopic (exact) mass is 412 g/mol. The van der Waals surface area contributed by atoms with E-state index >= 15 is 0 Å². The second-order valence-corrected chi connectivity index (χ2v) is 7.00. The summed E-state index contributed by atoms with van der Waals surface area (Å²) in [5.41, 5.74) is 2.65. The molecule has 2 aromatic carbocycles. The number of rotatable bonds is 7. The van der Waals surface area contributed by atoms with Crippen LogP contribution in [-0.2, 0) is 9.53 Å². The number of hydrogen-bond acceptors (Lipinski definition) is 7. The van der Waals surface area contributed by atoms with Gasteiger partial charge in [0.15, 0.2) is 5.82 Å². The van der Waals surface area contributed by atoms with E-state index in [9.17, 15) is 9.59 Å². The predicted molar refractivity (Wildman–Crippen MR) is 110 cm³/mol. The van der Waals surface area contributed by atoms with Gasteiger partial charge in [-0.2, -0.15) is 0 Å². The van der Waals surface area contributed by atoms with Crippen LogP contribution in [0.15, 0.2) is 47.6 Å². The number of aryl methyl sites for hydroxylation is 1. The number of hydrogen-bond donors (Lipinski definition) is 2. The van der Waals surface area contributed by atoms with Gasteiger partial charge in [0.2, 0.25) is 11.1 Å². The maximum absolute atomic E-state index is 12.3. The van der Waals surface area contributed by atoms with Gasteiger partial charge in [-0.05, 0) is 48.9 Å². The number of thioether (sulfide) groups is 1. The van der Waals surface area contributed by atoms with Crippen molar-refractivity contribution in [3.63, 3.8) is 0 Å². The number of methoxy groups -OCH3 is 2. The van der Waals surface area contributed by atoms with Crippen molar-refractivity contribution in [2.75, 3.05) is 25.3 Å². The molecule has 0 aliphatic carbocycles. The van der Waals surface area contributed by atoms with Gasteiger partial charge in [0.1, 0.15) is 5.75 Å². The third-order valence-electron chi connectivity index (χ3n) is 4.09. The number of anilines is 1. The van der Waals surface area contributed by atoms with Crippen LogP contribution in [0.1, 0.15) is 15.9 Å². The van der Waals surface area contributed by atoms with E-state index in [0.717, 1.165) is 16.9 Å². The molecule has 150 valence electrons. The van der Waals surface area contributed by atoms with Crippen LogP contribution >= 0.6 is 11.8 Å². The molecule has 0 spiro atoms. The zero-order valence-electron chi connectivity index (χ0n) is 16.2. The van der Waals surface area contributed by atoms with Gasteiger partial charge in [-0.25, -0.2) is 9.78 Å². The van der Waals surface area contributed by atoms with Crippen molar-refractivity contribution in [3.8, 4) is 17.1 Å². The van der Waals surface area contributed by atoms with Crippen LogP contribution in [0.4, 0.5) is 5.69 Å². The average Bonchev–Trinajstić information content (AvgIpc) is 3.22. The number of carbonyl (C=O) groups is 2. The summed E-state index contributed by atoms with van der Waals surface area (Å²) < 4.78 is 9.85. The molecule has 0 atom stereocenters. The molecule has 29 heavy (non-hydrogen) atoms. The number of aromatic nitrogens is 3. The Bertz CT molecular complexity index is 1020. The zero-order valence-corrected chi connectivity index (χ0v) is 17.0. The van der Waals surface area contributed by atoms with Crippen LogP contribution in [0.2, 0.25) is 0 Å². The summed E-state index contributed by atoms with van der Waals surface area (Å²) in [7, 11) is 2.92. The van der Waals surface area contributed by atoms with E-state index in [-0.39, 0.29) is 11.7 Å². The van der Waals surface area contributed by atoms with Crippen LogP contribution in [0.25, 0.3) is 11.4 Å². The molecule has 3 rings (SSSR count). The van der Waals surface area contributed by atoms with E-state index in [1.807, 2.05) is 31.2 Å². The lowest BCUT2D eigenvalue weighted by Crippen LogP contribution is -2.15. The van der Waals surface area contributed by atoms with Gasteiger partial charge >= 0.3 is 5.97 Å². The van der Waals surface area contributed by atoms with Gasteiger partial charge in [0.05, 0.1) is 25.5 Å². The summed E-state index contributed by atoms with van der Waals surface area (Å²) in [5, 5.41) is 10.3. The summed E-state index contributed by atoms with van der Waals surface area (Å²) in [5.74, 6) is 0.808. The van der Waals surface area contributed by atoms with E-state index in [2.05, 4.69) is 20.5 Å². The number of H-pyrrole nitrogens is 1. The molecule has 9 heteroatoms. The largest absolute Gasteiger partial charge is 0.497 e. The topological polar surface area (TPSA) is 106 Å². The number of amides is 1. The van der Waals surface area contributed by atoms with Crippen LogP contribution in [0, 0.1) is 6.92 Å². The number of aromatic amines is 1. The smallest absolute Gasteiger partial charge is 0.337 e. The van der Waals surface area contributed by atoms with E-state index in [0.29, 0.717) is 22.2 Å². The lowest BCUT2D eigenvalue weighted by Gasteiger charge is -2.09. The van der Waals surface area contributed by atoms with Crippen molar-refractivity contribution in [1.29, 1.82) is 0 Å². The first-order chi connectivity index (χ1) is 14.0. The fraction of sp³-hybridized carbons (Fsp3) is 0.200. The minimum Gasteiger partial charge on any atom is -0.497 e. The molecule has 0 aliphatic rings. The van der Waals surface area contributed by atoms with Crippen LogP contribution in [0.5, 0.6) is 5.75 Å². The molecular weight excluding hydrogens is 392 g/mol. The lowest BCUT2D eigenvalue weighted by atomic mass is 10.1. The Hall–Kier alpha value is -3.33. The van der Waals surface area contributed by atoms with Crippen molar-refractivity contribution >= 4 is 29.3 Å². The molecule has 1 amide bonds. The highest BCUT2D eigenvalue weighted by molar-refractivity contribution is 7.99. The normalized spacial score (nSPS) is 10.4. The Morgan fingerprint density at radius 1 is 1.14 bits per heavy atom. The Labute approximate surface area is 172 Å². The summed E-state index contributed by atoms with van der Waals surface area (Å²) in [6.45, 7) is 1.85. The van der Waals surface area contributed by atoms with Crippen molar-refractivity contribution in [3.05, 3.63) is 53.6 Å². The van der Waals surface area contributed by atoms with Crippen molar-refractivity contribution in [2.45, 2.75) is 12.1 Å². The molecule has 2 N–H and O–H groups in total. The number of esters is 1. The molecule has 0 bridgehead atoms. The van der Waals surface area contributed by atoms with Gasteiger partial charge in [-0.3, -0.25) is 9.89 Å². The van der Waals surface area contributed by atoms with Crippen molar-refractivity contribution in [2.24, 2.45) is 0 Å². The van der Waals surface area contributed by atoms with Gasteiger partial charge < -0.3 is 14.8 Å². The van der Waals surface area contributed by atoms with E-state index in [4.69, 9.17) is 9.47 Å². The van der Waals surface area contributed by atoms with Gasteiger partial charge in [0, 0.05) is 11.3 Å². The van der Waals surface area contributed by atoms with E-state index in [1.54, 1.807) is 25.3 Å². The summed E-state index contributed by atoms with van der Waals surface area (Å²) in [4.78, 5) is 28.4. The van der Waals surface area contributed by atoms with Gasteiger partial charge in [0.25, 0.3) is 0 Å². The number of ether oxygens (including phenoxy) is 2. The number of carbonyl (C=O) groups excluding carboxylic acids is 2. The highest BCUT2D eigenvalue weighted by Gasteiger charge is 2.12. The predicted octanol–water partition coefficient (Wildman–Crippen LogP) is 3.31.